The fourth-order valence-electron chi connectivity index (χ4n) is 2.13. The van der Waals surface area contributed by atoms with E-state index in [1.807, 2.05) is 0 Å². The Labute approximate surface area is 163 Å². The van der Waals surface area contributed by atoms with Crippen molar-refractivity contribution < 1.29 is 30.0 Å². The van der Waals surface area contributed by atoms with Crippen LogP contribution in [0.1, 0.15) is 10.4 Å². The Hall–Kier alpha value is -1.34. The zero-order chi connectivity index (χ0) is 20.6. The first kappa shape index (κ1) is 22.0. The van der Waals surface area contributed by atoms with E-state index in [0.29, 0.717) is 5.56 Å². The molecular formula is C14H14ClF3N2O4S3. The molecule has 0 saturated carbocycles. The third-order valence-electron chi connectivity index (χ3n) is 3.61. The van der Waals surface area contributed by atoms with Crippen molar-refractivity contribution in [3.63, 3.8) is 0 Å². The third kappa shape index (κ3) is 4.57. The lowest BCUT2D eigenvalue weighted by Gasteiger charge is -2.16. The molecule has 0 aliphatic rings. The highest BCUT2D eigenvalue weighted by Crippen LogP contribution is 2.32. The predicted molar refractivity (Wildman–Crippen MR) is 98.0 cm³/mol. The van der Waals surface area contributed by atoms with Gasteiger partial charge < -0.3 is 5.73 Å². The highest BCUT2D eigenvalue weighted by molar-refractivity contribution is 7.93. The first-order valence-corrected chi connectivity index (χ1v) is 11.5. The van der Waals surface area contributed by atoms with Crippen LogP contribution in [-0.4, -0.2) is 27.7 Å². The molecule has 0 saturated heterocycles. The molecule has 3 N–H and O–H groups in total. The summed E-state index contributed by atoms with van der Waals surface area (Å²) in [6, 6.07) is 5.57. The van der Waals surface area contributed by atoms with E-state index in [2.05, 4.69) is 4.72 Å². The molecule has 0 fully saturated rings. The molecule has 13 heteroatoms. The Balaban J connectivity index is 2.31. The summed E-state index contributed by atoms with van der Waals surface area (Å²) < 4.78 is 87.9. The van der Waals surface area contributed by atoms with Gasteiger partial charge in [0.1, 0.15) is 5.37 Å². The van der Waals surface area contributed by atoms with Gasteiger partial charge in [0.25, 0.3) is 19.9 Å². The van der Waals surface area contributed by atoms with Crippen molar-refractivity contribution in [2.45, 2.75) is 29.1 Å². The molecule has 1 unspecified atom stereocenters. The topological polar surface area (TPSA) is 106 Å². The van der Waals surface area contributed by atoms with E-state index in [9.17, 15) is 30.0 Å². The summed E-state index contributed by atoms with van der Waals surface area (Å²) in [5.74, 6) is 0. The molecule has 0 radical (unpaired) electrons. The lowest BCUT2D eigenvalue weighted by atomic mass is 10.2. The largest absolute Gasteiger partial charge is 0.498 e. The van der Waals surface area contributed by atoms with Gasteiger partial charge in [0.15, 0.2) is 0 Å². The normalized spacial score (nSPS) is 14.1. The Morgan fingerprint density at radius 3 is 2.44 bits per heavy atom. The predicted octanol–water partition coefficient (Wildman–Crippen LogP) is 3.27. The molecule has 1 aromatic carbocycles. The molecule has 150 valence electrons. The minimum atomic E-state index is -5.59. The summed E-state index contributed by atoms with van der Waals surface area (Å²) in [7, 11) is -9.69. The van der Waals surface area contributed by atoms with E-state index < -0.39 is 37.2 Å². The van der Waals surface area contributed by atoms with Crippen molar-refractivity contribution in [3.05, 3.63) is 45.1 Å². The first-order valence-electron chi connectivity index (χ1n) is 7.17. The number of rotatable bonds is 6. The van der Waals surface area contributed by atoms with E-state index in [0.717, 1.165) is 11.3 Å². The molecule has 27 heavy (non-hydrogen) atoms. The smallest absolute Gasteiger partial charge is 0.315 e. The molecule has 0 bridgehead atoms. The molecule has 0 aliphatic carbocycles. The number of nitrogens with one attached hydrogen (secondary N) is 1. The van der Waals surface area contributed by atoms with Crippen molar-refractivity contribution in [3.8, 4) is 0 Å². The maximum absolute atomic E-state index is 12.6. The number of sulfonamides is 1. The molecule has 1 atom stereocenters. The molecule has 1 heterocycles. The van der Waals surface area contributed by atoms with Crippen LogP contribution in [0.5, 0.6) is 0 Å². The van der Waals surface area contributed by atoms with Crippen LogP contribution in [0.15, 0.2) is 34.5 Å². The lowest BCUT2D eigenvalue weighted by molar-refractivity contribution is -0.0444. The van der Waals surface area contributed by atoms with E-state index in [1.165, 1.54) is 36.6 Å². The summed E-state index contributed by atoms with van der Waals surface area (Å²) in [5, 5.41) is -0.626. The molecule has 0 aliphatic heterocycles. The first-order chi connectivity index (χ1) is 12.3. The van der Waals surface area contributed by atoms with Crippen LogP contribution >= 0.6 is 22.9 Å². The highest BCUT2D eigenvalue weighted by atomic mass is 35.5. The lowest BCUT2D eigenvalue weighted by Crippen LogP contribution is -2.41. The van der Waals surface area contributed by atoms with Gasteiger partial charge in [0.2, 0.25) is 0 Å². The fourth-order valence-corrected chi connectivity index (χ4v) is 5.51. The summed E-state index contributed by atoms with van der Waals surface area (Å²) in [4.78, 5) is -0.0575. The molecule has 2 rings (SSSR count). The summed E-state index contributed by atoms with van der Waals surface area (Å²) >= 11 is 6.80. The minimum Gasteiger partial charge on any atom is -0.315 e. The molecule has 1 aromatic heterocycles. The van der Waals surface area contributed by atoms with Crippen molar-refractivity contribution >= 4 is 48.5 Å². The number of anilines is 1. The fraction of sp³-hybridized carbons (Fsp3) is 0.286. The van der Waals surface area contributed by atoms with E-state index in [4.69, 9.17) is 17.3 Å². The standard InChI is InChI=1S/C14H14ClF3N2O4S3/c1-8-9(15)3-2-4-12(8)27(23,24)20-10-5-6-25-11(10)7-13(19)26(21,22)14(16,17)18/h2-6,13,20H,7,19H2,1H3. The molecule has 0 spiro atoms. The number of thiophene rings is 1. The summed E-state index contributed by atoms with van der Waals surface area (Å²) in [6.07, 6.45) is -0.702. The Bertz CT molecular complexity index is 1050. The van der Waals surface area contributed by atoms with Crippen LogP contribution in [0.25, 0.3) is 0 Å². The van der Waals surface area contributed by atoms with E-state index >= 15 is 0 Å². The molecule has 6 nitrogen and oxygen atoms in total. The zero-order valence-electron chi connectivity index (χ0n) is 13.6. The molecule has 0 amide bonds. The Kier molecular flexibility index (Phi) is 6.17. The zero-order valence-corrected chi connectivity index (χ0v) is 16.8. The van der Waals surface area contributed by atoms with E-state index in [1.54, 1.807) is 0 Å². The number of hydrogen-bond donors (Lipinski definition) is 2. The van der Waals surface area contributed by atoms with Gasteiger partial charge in [-0.15, -0.1) is 11.3 Å². The van der Waals surface area contributed by atoms with Crippen molar-refractivity contribution in [1.82, 2.24) is 0 Å². The van der Waals surface area contributed by atoms with Gasteiger partial charge in [-0.25, -0.2) is 16.8 Å². The highest BCUT2D eigenvalue weighted by Gasteiger charge is 2.49. The average molecular weight is 463 g/mol. The van der Waals surface area contributed by atoms with Crippen LogP contribution in [0.4, 0.5) is 18.9 Å². The van der Waals surface area contributed by atoms with Gasteiger partial charge in [-0.2, -0.15) is 13.2 Å². The average Bonchev–Trinajstić information content (AvgIpc) is 2.94. The van der Waals surface area contributed by atoms with Gasteiger partial charge in [0, 0.05) is 16.3 Å². The second-order valence-electron chi connectivity index (χ2n) is 5.46. The number of alkyl halides is 3. The third-order valence-corrected chi connectivity index (χ3v) is 8.08. The van der Waals surface area contributed by atoms with Gasteiger partial charge in [0.05, 0.1) is 10.6 Å². The summed E-state index contributed by atoms with van der Waals surface area (Å²) in [5.41, 5.74) is -0.0356. The minimum absolute atomic E-state index is 0.0489. The monoisotopic (exact) mass is 462 g/mol. The number of benzene rings is 1. The SMILES string of the molecule is Cc1c(Cl)cccc1S(=O)(=O)Nc1ccsc1CC(N)S(=O)(=O)C(F)(F)F. The van der Waals surface area contributed by atoms with Crippen LogP contribution in [-0.2, 0) is 26.3 Å². The number of sulfone groups is 1. The van der Waals surface area contributed by atoms with Gasteiger partial charge in [-0.3, -0.25) is 4.72 Å². The van der Waals surface area contributed by atoms with E-state index in [-0.39, 0.29) is 20.5 Å². The Morgan fingerprint density at radius 2 is 1.85 bits per heavy atom. The number of halogens is 4. The van der Waals surface area contributed by atoms with Gasteiger partial charge in [-0.05, 0) is 36.1 Å². The van der Waals surface area contributed by atoms with Crippen LogP contribution in [0.2, 0.25) is 5.02 Å². The van der Waals surface area contributed by atoms with Crippen LogP contribution < -0.4 is 10.5 Å². The number of nitrogens with two attached hydrogens (primary N) is 1. The quantitative estimate of drug-likeness (QED) is 0.685. The molecule has 2 aromatic rings. The van der Waals surface area contributed by atoms with Crippen molar-refractivity contribution in [2.75, 3.05) is 4.72 Å². The summed E-state index contributed by atoms with van der Waals surface area (Å²) in [6.45, 7) is 1.50. The maximum atomic E-state index is 12.6. The second-order valence-corrected chi connectivity index (χ2v) is 10.7. The van der Waals surface area contributed by atoms with Gasteiger partial charge in [-0.1, -0.05) is 17.7 Å². The second kappa shape index (κ2) is 7.59. The number of hydrogen-bond acceptors (Lipinski definition) is 6. The Morgan fingerprint density at radius 1 is 1.22 bits per heavy atom. The van der Waals surface area contributed by atoms with Crippen molar-refractivity contribution in [1.29, 1.82) is 0 Å². The van der Waals surface area contributed by atoms with Crippen LogP contribution in [0.3, 0.4) is 0 Å². The molecular weight excluding hydrogens is 449 g/mol. The van der Waals surface area contributed by atoms with Crippen LogP contribution in [0, 0.1) is 6.92 Å². The van der Waals surface area contributed by atoms with Crippen molar-refractivity contribution in [2.24, 2.45) is 5.73 Å². The van der Waals surface area contributed by atoms with Gasteiger partial charge >= 0.3 is 5.51 Å². The maximum Gasteiger partial charge on any atom is 0.498 e.